The number of fused-ring (bicyclic) bond motifs is 3. The Bertz CT molecular complexity index is 826. The Hall–Kier alpha value is -2.63. The van der Waals surface area contributed by atoms with Gasteiger partial charge in [0.05, 0.1) is 0 Å². The van der Waals surface area contributed by atoms with Crippen LogP contribution in [0.4, 0.5) is 5.82 Å². The molecule has 3 aromatic rings. The maximum absolute atomic E-state index is 11.2. The summed E-state index contributed by atoms with van der Waals surface area (Å²) < 4.78 is 5.78. The number of para-hydroxylation sites is 1. The molecule has 1 atom stereocenters. The van der Waals surface area contributed by atoms with Gasteiger partial charge in [0.2, 0.25) is 0 Å². The van der Waals surface area contributed by atoms with Gasteiger partial charge in [-0.15, -0.1) is 0 Å². The van der Waals surface area contributed by atoms with Crippen LogP contribution in [0.2, 0.25) is 0 Å². The fraction of sp³-hybridized carbons (Fsp3) is 0.267. The number of rotatable bonds is 4. The highest BCUT2D eigenvalue weighted by atomic mass is 16.4. The molecular formula is C15H15N3O3. The SMILES string of the molecule is CC[C@H](Nc1nc(C)nc2c1oc1ccccc12)C(=O)O. The Morgan fingerprint density at radius 2 is 2.14 bits per heavy atom. The summed E-state index contributed by atoms with van der Waals surface area (Å²) in [4.78, 5) is 19.9. The molecule has 0 aliphatic rings. The van der Waals surface area contributed by atoms with Crippen LogP contribution in [0.3, 0.4) is 0 Å². The second-order valence-electron chi connectivity index (χ2n) is 4.84. The van der Waals surface area contributed by atoms with E-state index < -0.39 is 12.0 Å². The number of benzene rings is 1. The third kappa shape index (κ3) is 2.29. The first-order valence-corrected chi connectivity index (χ1v) is 6.75. The van der Waals surface area contributed by atoms with E-state index in [1.54, 1.807) is 13.8 Å². The van der Waals surface area contributed by atoms with Crippen molar-refractivity contribution in [2.75, 3.05) is 5.32 Å². The van der Waals surface area contributed by atoms with Crippen LogP contribution in [0.1, 0.15) is 19.2 Å². The van der Waals surface area contributed by atoms with Gasteiger partial charge in [0.1, 0.15) is 23.0 Å². The standard InChI is InChI=1S/C15H15N3O3/c1-3-10(15(19)20)18-14-13-12(16-8(2)17-14)9-6-4-5-7-11(9)21-13/h4-7,10H,3H2,1-2H3,(H,19,20)(H,16,17,18)/t10-/m0/s1. The topological polar surface area (TPSA) is 88.3 Å². The van der Waals surface area contributed by atoms with Gasteiger partial charge in [0.15, 0.2) is 11.4 Å². The molecule has 0 amide bonds. The van der Waals surface area contributed by atoms with Gasteiger partial charge < -0.3 is 14.8 Å². The third-order valence-electron chi connectivity index (χ3n) is 3.35. The maximum Gasteiger partial charge on any atom is 0.326 e. The summed E-state index contributed by atoms with van der Waals surface area (Å²) >= 11 is 0. The van der Waals surface area contributed by atoms with E-state index in [9.17, 15) is 9.90 Å². The first-order chi connectivity index (χ1) is 10.1. The smallest absolute Gasteiger partial charge is 0.326 e. The van der Waals surface area contributed by atoms with Gasteiger partial charge in [0, 0.05) is 5.39 Å². The number of aromatic nitrogens is 2. The molecule has 2 heterocycles. The highest BCUT2D eigenvalue weighted by Crippen LogP contribution is 2.31. The molecule has 0 saturated heterocycles. The molecule has 2 aromatic heterocycles. The van der Waals surface area contributed by atoms with Crippen LogP contribution >= 0.6 is 0 Å². The summed E-state index contributed by atoms with van der Waals surface area (Å²) in [7, 11) is 0. The number of carboxylic acid groups (broad SMARTS) is 1. The largest absolute Gasteiger partial charge is 0.480 e. The Labute approximate surface area is 120 Å². The highest BCUT2D eigenvalue weighted by molar-refractivity contribution is 6.05. The minimum Gasteiger partial charge on any atom is -0.480 e. The van der Waals surface area contributed by atoms with Crippen LogP contribution in [0.15, 0.2) is 28.7 Å². The minimum atomic E-state index is -0.918. The molecule has 2 N–H and O–H groups in total. The lowest BCUT2D eigenvalue weighted by molar-refractivity contribution is -0.137. The Morgan fingerprint density at radius 1 is 1.38 bits per heavy atom. The van der Waals surface area contributed by atoms with Gasteiger partial charge in [0.25, 0.3) is 0 Å². The van der Waals surface area contributed by atoms with Crippen LogP contribution in [-0.2, 0) is 4.79 Å². The van der Waals surface area contributed by atoms with Crippen molar-refractivity contribution in [1.82, 2.24) is 9.97 Å². The van der Waals surface area contributed by atoms with Crippen molar-refractivity contribution in [2.24, 2.45) is 0 Å². The van der Waals surface area contributed by atoms with E-state index in [2.05, 4.69) is 15.3 Å². The van der Waals surface area contributed by atoms with Gasteiger partial charge in [-0.1, -0.05) is 19.1 Å². The quantitative estimate of drug-likeness (QED) is 0.766. The monoisotopic (exact) mass is 285 g/mol. The zero-order valence-corrected chi connectivity index (χ0v) is 11.8. The van der Waals surface area contributed by atoms with Crippen molar-refractivity contribution in [2.45, 2.75) is 26.3 Å². The molecule has 6 nitrogen and oxygen atoms in total. The molecule has 0 spiro atoms. The van der Waals surface area contributed by atoms with E-state index in [-0.39, 0.29) is 0 Å². The van der Waals surface area contributed by atoms with E-state index in [1.165, 1.54) is 0 Å². The molecular weight excluding hydrogens is 270 g/mol. The lowest BCUT2D eigenvalue weighted by atomic mass is 10.2. The Kier molecular flexibility index (Phi) is 3.21. The summed E-state index contributed by atoms with van der Waals surface area (Å²) in [5.41, 5.74) is 1.89. The molecule has 0 bridgehead atoms. The summed E-state index contributed by atoms with van der Waals surface area (Å²) in [5, 5.41) is 13.0. The lowest BCUT2D eigenvalue weighted by Gasteiger charge is -2.13. The van der Waals surface area contributed by atoms with Crippen molar-refractivity contribution >= 4 is 33.9 Å². The molecule has 3 rings (SSSR count). The Balaban J connectivity index is 2.20. The number of aryl methyl sites for hydroxylation is 1. The molecule has 0 saturated carbocycles. The summed E-state index contributed by atoms with van der Waals surface area (Å²) in [6, 6.07) is 6.85. The Morgan fingerprint density at radius 3 is 2.86 bits per heavy atom. The number of nitrogens with one attached hydrogen (secondary N) is 1. The average Bonchev–Trinajstić information content (AvgIpc) is 2.83. The van der Waals surface area contributed by atoms with Crippen molar-refractivity contribution in [3.63, 3.8) is 0 Å². The highest BCUT2D eigenvalue weighted by Gasteiger charge is 2.20. The van der Waals surface area contributed by atoms with Crippen molar-refractivity contribution in [3.8, 4) is 0 Å². The van der Waals surface area contributed by atoms with Crippen molar-refractivity contribution in [1.29, 1.82) is 0 Å². The normalized spacial score (nSPS) is 12.7. The third-order valence-corrected chi connectivity index (χ3v) is 3.35. The molecule has 0 aliphatic heterocycles. The second-order valence-corrected chi connectivity index (χ2v) is 4.84. The zero-order valence-electron chi connectivity index (χ0n) is 11.8. The van der Waals surface area contributed by atoms with Crippen LogP contribution in [0, 0.1) is 6.92 Å². The number of aliphatic carboxylic acids is 1. The zero-order chi connectivity index (χ0) is 15.0. The van der Waals surface area contributed by atoms with E-state index in [0.29, 0.717) is 34.7 Å². The number of hydrogen-bond donors (Lipinski definition) is 2. The van der Waals surface area contributed by atoms with E-state index in [4.69, 9.17) is 4.42 Å². The number of carboxylic acids is 1. The molecule has 108 valence electrons. The molecule has 0 fully saturated rings. The number of nitrogens with zero attached hydrogens (tertiary/aromatic N) is 2. The number of anilines is 1. The van der Waals surface area contributed by atoms with E-state index in [1.807, 2.05) is 24.3 Å². The number of hydrogen-bond acceptors (Lipinski definition) is 5. The fourth-order valence-corrected chi connectivity index (χ4v) is 2.30. The van der Waals surface area contributed by atoms with Crippen LogP contribution < -0.4 is 5.32 Å². The van der Waals surface area contributed by atoms with Crippen molar-refractivity contribution in [3.05, 3.63) is 30.1 Å². The van der Waals surface area contributed by atoms with Crippen LogP contribution in [0.25, 0.3) is 22.1 Å². The lowest BCUT2D eigenvalue weighted by Crippen LogP contribution is -2.28. The van der Waals surface area contributed by atoms with Crippen LogP contribution in [0.5, 0.6) is 0 Å². The van der Waals surface area contributed by atoms with Crippen molar-refractivity contribution < 1.29 is 14.3 Å². The predicted molar refractivity (Wildman–Crippen MR) is 79.4 cm³/mol. The summed E-state index contributed by atoms with van der Waals surface area (Å²) in [6.45, 7) is 3.57. The first kappa shape index (κ1) is 13.4. The second kappa shape index (κ2) is 5.05. The molecule has 0 radical (unpaired) electrons. The van der Waals surface area contributed by atoms with Gasteiger partial charge in [-0.3, -0.25) is 0 Å². The molecule has 0 unspecified atom stereocenters. The average molecular weight is 285 g/mol. The molecule has 21 heavy (non-hydrogen) atoms. The molecule has 1 aromatic carbocycles. The fourth-order valence-electron chi connectivity index (χ4n) is 2.30. The van der Waals surface area contributed by atoms with Gasteiger partial charge in [-0.25, -0.2) is 14.8 Å². The van der Waals surface area contributed by atoms with Gasteiger partial charge in [-0.05, 0) is 25.5 Å². The number of furan rings is 1. The van der Waals surface area contributed by atoms with E-state index >= 15 is 0 Å². The molecule has 6 heteroatoms. The minimum absolute atomic E-state index is 0.419. The number of carbonyl (C=O) groups is 1. The maximum atomic E-state index is 11.2. The predicted octanol–water partition coefficient (Wildman–Crippen LogP) is 2.96. The van der Waals surface area contributed by atoms with Gasteiger partial charge >= 0.3 is 5.97 Å². The van der Waals surface area contributed by atoms with Gasteiger partial charge in [-0.2, -0.15) is 0 Å². The summed E-state index contributed by atoms with van der Waals surface area (Å²) in [5.74, 6) is 0.0674. The van der Waals surface area contributed by atoms with Crippen LogP contribution in [-0.4, -0.2) is 27.1 Å². The first-order valence-electron chi connectivity index (χ1n) is 6.75. The molecule has 0 aliphatic carbocycles. The summed E-state index contributed by atoms with van der Waals surface area (Å²) in [6.07, 6.45) is 0.445. The van der Waals surface area contributed by atoms with E-state index in [0.717, 1.165) is 5.39 Å².